The maximum atomic E-state index is 11.0. The Bertz CT molecular complexity index is 525. The monoisotopic (exact) mass is 288 g/mol. The third-order valence-corrected chi connectivity index (χ3v) is 3.28. The van der Waals surface area contributed by atoms with Crippen molar-refractivity contribution < 1.29 is 18.3 Å². The van der Waals surface area contributed by atoms with Gasteiger partial charge >= 0.3 is 5.97 Å². The van der Waals surface area contributed by atoms with Crippen LogP contribution in [0.1, 0.15) is 29.8 Å². The van der Waals surface area contributed by atoms with Crippen LogP contribution < -0.4 is 10.5 Å². The molecule has 1 aromatic carbocycles. The van der Waals surface area contributed by atoms with Crippen molar-refractivity contribution in [1.82, 2.24) is 5.32 Å². The first kappa shape index (κ1) is 17.6. The normalized spacial score (nSPS) is 10.5. The number of carbonyl (C=O) groups is 1. The molecule has 0 aliphatic carbocycles. The van der Waals surface area contributed by atoms with Crippen molar-refractivity contribution in [3.63, 3.8) is 0 Å². The van der Waals surface area contributed by atoms with E-state index in [9.17, 15) is 13.2 Å². The third-order valence-electron chi connectivity index (χ3n) is 2.37. The van der Waals surface area contributed by atoms with Gasteiger partial charge in [-0.3, -0.25) is 0 Å². The number of nitrogens with two attached hydrogens (primary N) is 1. The molecule has 0 aliphatic heterocycles. The van der Waals surface area contributed by atoms with Gasteiger partial charge in [0, 0.05) is 0 Å². The fourth-order valence-corrected chi connectivity index (χ4v) is 1.81. The van der Waals surface area contributed by atoms with Gasteiger partial charge in [0.15, 0.2) is 0 Å². The molecular formula is C12H20N2O4S. The molecule has 0 amide bonds. The first-order valence-corrected chi connectivity index (χ1v) is 7.36. The van der Waals surface area contributed by atoms with Crippen LogP contribution in [0.5, 0.6) is 0 Å². The fourth-order valence-electron chi connectivity index (χ4n) is 1.25. The van der Waals surface area contributed by atoms with Crippen molar-refractivity contribution in [2.75, 3.05) is 13.6 Å². The van der Waals surface area contributed by atoms with Crippen molar-refractivity contribution >= 4 is 16.0 Å². The lowest BCUT2D eigenvalue weighted by Gasteiger charge is -2.05. The topological polar surface area (TPSA) is 109 Å². The highest BCUT2D eigenvalue weighted by Crippen LogP contribution is 2.15. The molecule has 0 heterocycles. The van der Waals surface area contributed by atoms with Crippen LogP contribution >= 0.6 is 0 Å². The largest absolute Gasteiger partial charge is 0.478 e. The van der Waals surface area contributed by atoms with Crippen LogP contribution in [0.25, 0.3) is 0 Å². The first-order valence-electron chi connectivity index (χ1n) is 5.81. The van der Waals surface area contributed by atoms with Gasteiger partial charge in [-0.25, -0.2) is 18.4 Å². The minimum Gasteiger partial charge on any atom is -0.478 e. The van der Waals surface area contributed by atoms with E-state index < -0.39 is 16.0 Å². The van der Waals surface area contributed by atoms with Gasteiger partial charge < -0.3 is 10.4 Å². The highest BCUT2D eigenvalue weighted by molar-refractivity contribution is 7.89. The average Bonchev–Trinajstić information content (AvgIpc) is 2.37. The Morgan fingerprint density at radius 3 is 2.21 bits per heavy atom. The lowest BCUT2D eigenvalue weighted by molar-refractivity contribution is 0.0695. The van der Waals surface area contributed by atoms with E-state index in [1.54, 1.807) is 6.92 Å². The second-order valence-corrected chi connectivity index (χ2v) is 5.29. The van der Waals surface area contributed by atoms with E-state index in [-0.39, 0.29) is 10.5 Å². The third kappa shape index (κ3) is 5.82. The summed E-state index contributed by atoms with van der Waals surface area (Å²) < 4.78 is 22.0. The molecule has 0 saturated carbocycles. The summed E-state index contributed by atoms with van der Waals surface area (Å²) in [6.07, 6.45) is 0.436. The molecule has 0 fully saturated rings. The van der Waals surface area contributed by atoms with E-state index in [0.717, 1.165) is 6.54 Å². The summed E-state index contributed by atoms with van der Waals surface area (Å²) in [5.41, 5.74) is 0.555. The minimum atomic E-state index is -3.77. The van der Waals surface area contributed by atoms with Crippen LogP contribution in [0.3, 0.4) is 0 Å². The molecule has 6 nitrogen and oxygen atoms in total. The minimum absolute atomic E-state index is 0.0654. The molecular weight excluding hydrogens is 268 g/mol. The molecule has 0 saturated heterocycles. The molecule has 0 atom stereocenters. The number of hydrogen-bond acceptors (Lipinski definition) is 4. The average molecular weight is 288 g/mol. The Morgan fingerprint density at radius 1 is 1.37 bits per heavy atom. The standard InChI is InChI=1S/C9H11NO4S.C3H9N/c1-2-6-5-7(15(10,13)14)3-4-8(6)9(11)12;1-3-4-2/h3-5H,2H2,1H3,(H,11,12)(H2,10,13,14);4H,3H2,1-2H3. The predicted molar refractivity (Wildman–Crippen MR) is 73.8 cm³/mol. The molecule has 0 aromatic heterocycles. The molecule has 108 valence electrons. The molecule has 1 aromatic rings. The molecule has 0 bridgehead atoms. The zero-order valence-electron chi connectivity index (χ0n) is 11.3. The van der Waals surface area contributed by atoms with Gasteiger partial charge in [0.05, 0.1) is 10.5 Å². The summed E-state index contributed by atoms with van der Waals surface area (Å²) >= 11 is 0. The molecule has 0 aliphatic rings. The van der Waals surface area contributed by atoms with Crippen LogP contribution in [0.4, 0.5) is 0 Å². The van der Waals surface area contributed by atoms with E-state index in [4.69, 9.17) is 10.2 Å². The van der Waals surface area contributed by atoms with E-state index >= 15 is 0 Å². The van der Waals surface area contributed by atoms with Gasteiger partial charge in [-0.1, -0.05) is 13.8 Å². The smallest absolute Gasteiger partial charge is 0.335 e. The Balaban J connectivity index is 0.000000711. The van der Waals surface area contributed by atoms with Gasteiger partial charge in [0.25, 0.3) is 0 Å². The van der Waals surface area contributed by atoms with Crippen LogP contribution in [0.15, 0.2) is 23.1 Å². The second kappa shape index (κ2) is 7.88. The lowest BCUT2D eigenvalue weighted by Crippen LogP contribution is -2.13. The van der Waals surface area contributed by atoms with Gasteiger partial charge in [-0.05, 0) is 43.8 Å². The van der Waals surface area contributed by atoms with Crippen molar-refractivity contribution in [3.8, 4) is 0 Å². The summed E-state index contributed by atoms with van der Waals surface area (Å²) in [7, 11) is -1.84. The van der Waals surface area contributed by atoms with E-state index in [0.29, 0.717) is 12.0 Å². The van der Waals surface area contributed by atoms with E-state index in [2.05, 4.69) is 12.2 Å². The number of aryl methyl sites for hydroxylation is 1. The number of carboxylic acid groups (broad SMARTS) is 1. The predicted octanol–water partition coefficient (Wildman–Crippen LogP) is 0.820. The number of hydrogen-bond donors (Lipinski definition) is 3. The van der Waals surface area contributed by atoms with E-state index in [1.165, 1.54) is 18.2 Å². The fraction of sp³-hybridized carbons (Fsp3) is 0.417. The quantitative estimate of drug-likeness (QED) is 0.760. The Kier molecular flexibility index (Phi) is 7.28. The maximum absolute atomic E-state index is 11.0. The van der Waals surface area contributed by atoms with Gasteiger partial charge in [0.2, 0.25) is 10.0 Å². The van der Waals surface area contributed by atoms with Gasteiger partial charge in [-0.2, -0.15) is 0 Å². The zero-order valence-corrected chi connectivity index (χ0v) is 12.1. The Hall–Kier alpha value is -1.44. The molecule has 0 unspecified atom stereocenters. The number of benzene rings is 1. The molecule has 1 rings (SSSR count). The van der Waals surface area contributed by atoms with Gasteiger partial charge in [-0.15, -0.1) is 0 Å². The van der Waals surface area contributed by atoms with Crippen LogP contribution in [0.2, 0.25) is 0 Å². The summed E-state index contributed by atoms with van der Waals surface area (Å²) in [5, 5.41) is 16.7. The van der Waals surface area contributed by atoms with Crippen molar-refractivity contribution in [3.05, 3.63) is 29.3 Å². The first-order chi connectivity index (χ1) is 8.77. The van der Waals surface area contributed by atoms with Crippen LogP contribution in [0, 0.1) is 0 Å². The highest BCUT2D eigenvalue weighted by Gasteiger charge is 2.13. The summed E-state index contributed by atoms with van der Waals surface area (Å²) in [5.74, 6) is -1.08. The van der Waals surface area contributed by atoms with Crippen LogP contribution in [-0.4, -0.2) is 33.1 Å². The Morgan fingerprint density at radius 2 is 1.89 bits per heavy atom. The van der Waals surface area contributed by atoms with Crippen LogP contribution in [-0.2, 0) is 16.4 Å². The maximum Gasteiger partial charge on any atom is 0.335 e. The van der Waals surface area contributed by atoms with E-state index in [1.807, 2.05) is 7.05 Å². The van der Waals surface area contributed by atoms with Crippen molar-refractivity contribution in [2.24, 2.45) is 5.14 Å². The summed E-state index contributed by atoms with van der Waals surface area (Å²) in [6, 6.07) is 3.73. The molecule has 0 radical (unpaired) electrons. The lowest BCUT2D eigenvalue weighted by atomic mass is 10.1. The Labute approximate surface area is 113 Å². The summed E-state index contributed by atoms with van der Waals surface area (Å²) in [4.78, 5) is 10.7. The number of carboxylic acids is 1. The molecule has 4 N–H and O–H groups in total. The number of nitrogens with one attached hydrogen (secondary N) is 1. The van der Waals surface area contributed by atoms with Crippen molar-refractivity contribution in [2.45, 2.75) is 25.2 Å². The number of primary sulfonamides is 1. The molecule has 7 heteroatoms. The highest BCUT2D eigenvalue weighted by atomic mass is 32.2. The number of sulfonamides is 1. The van der Waals surface area contributed by atoms with Gasteiger partial charge in [0.1, 0.15) is 0 Å². The SMILES string of the molecule is CCNC.CCc1cc(S(N)(=O)=O)ccc1C(=O)O. The second-order valence-electron chi connectivity index (χ2n) is 3.73. The number of aromatic carboxylic acids is 1. The number of rotatable bonds is 4. The summed E-state index contributed by atoms with van der Waals surface area (Å²) in [6.45, 7) is 4.88. The molecule has 0 spiro atoms. The zero-order chi connectivity index (χ0) is 15.1. The molecule has 19 heavy (non-hydrogen) atoms. The van der Waals surface area contributed by atoms with Crippen molar-refractivity contribution in [1.29, 1.82) is 0 Å².